The fraction of sp³-hybridized carbons (Fsp3) is 0.0625. The fourth-order valence-corrected chi connectivity index (χ4v) is 2.70. The molecule has 2 heterocycles. The molecule has 0 saturated carbocycles. The SMILES string of the molecule is Cn1ccc(/C=C2/C(=O)NC(=O)N(c3cccc(Cl)c3Cl)C2=O)c1. The number of aromatic nitrogens is 1. The van der Waals surface area contributed by atoms with Crippen LogP contribution in [0.2, 0.25) is 10.0 Å². The summed E-state index contributed by atoms with van der Waals surface area (Å²) in [6, 6.07) is 5.43. The third kappa shape index (κ3) is 2.81. The van der Waals surface area contributed by atoms with E-state index in [0.717, 1.165) is 4.90 Å². The predicted octanol–water partition coefficient (Wildman–Crippen LogP) is 3.00. The van der Waals surface area contributed by atoms with Crippen molar-refractivity contribution in [1.82, 2.24) is 9.88 Å². The number of amides is 4. The maximum absolute atomic E-state index is 12.7. The van der Waals surface area contributed by atoms with E-state index in [2.05, 4.69) is 5.32 Å². The van der Waals surface area contributed by atoms with Gasteiger partial charge in [0.1, 0.15) is 5.57 Å². The van der Waals surface area contributed by atoms with Crippen LogP contribution in [-0.4, -0.2) is 22.4 Å². The molecule has 3 rings (SSSR count). The van der Waals surface area contributed by atoms with Crippen LogP contribution in [0.3, 0.4) is 0 Å². The highest BCUT2D eigenvalue weighted by Crippen LogP contribution is 2.34. The van der Waals surface area contributed by atoms with Gasteiger partial charge in [-0.2, -0.15) is 0 Å². The largest absolute Gasteiger partial charge is 0.357 e. The molecule has 0 atom stereocenters. The Kier molecular flexibility index (Phi) is 4.17. The molecule has 4 amide bonds. The van der Waals surface area contributed by atoms with Crippen molar-refractivity contribution in [1.29, 1.82) is 0 Å². The molecule has 0 radical (unpaired) electrons. The van der Waals surface area contributed by atoms with Gasteiger partial charge in [-0.3, -0.25) is 14.9 Å². The number of carbonyl (C=O) groups excluding carboxylic acids is 3. The second kappa shape index (κ2) is 6.14. The van der Waals surface area contributed by atoms with E-state index in [-0.39, 0.29) is 21.3 Å². The fourth-order valence-electron chi connectivity index (χ4n) is 2.32. The smallest absolute Gasteiger partial charge is 0.336 e. The molecule has 122 valence electrons. The van der Waals surface area contributed by atoms with E-state index in [0.29, 0.717) is 5.56 Å². The number of halogens is 2. The van der Waals surface area contributed by atoms with Crippen molar-refractivity contribution in [3.05, 3.63) is 57.8 Å². The van der Waals surface area contributed by atoms with Gasteiger partial charge in [0.25, 0.3) is 11.8 Å². The van der Waals surface area contributed by atoms with Gasteiger partial charge in [-0.1, -0.05) is 29.3 Å². The van der Waals surface area contributed by atoms with Crippen LogP contribution in [-0.2, 0) is 16.6 Å². The maximum Gasteiger partial charge on any atom is 0.336 e. The molecule has 0 bridgehead atoms. The number of nitrogens with zero attached hydrogens (tertiary/aromatic N) is 2. The molecular weight excluding hydrogens is 353 g/mol. The lowest BCUT2D eigenvalue weighted by Gasteiger charge is -2.27. The summed E-state index contributed by atoms with van der Waals surface area (Å²) in [5.41, 5.74) is 0.595. The first-order chi connectivity index (χ1) is 11.4. The third-order valence-corrected chi connectivity index (χ3v) is 4.25. The van der Waals surface area contributed by atoms with Gasteiger partial charge in [0.2, 0.25) is 0 Å². The Balaban J connectivity index is 2.06. The molecule has 24 heavy (non-hydrogen) atoms. The lowest BCUT2D eigenvalue weighted by atomic mass is 10.1. The number of nitrogens with one attached hydrogen (secondary N) is 1. The number of benzene rings is 1. The Morgan fingerprint density at radius 2 is 1.88 bits per heavy atom. The van der Waals surface area contributed by atoms with Crippen molar-refractivity contribution in [3.63, 3.8) is 0 Å². The van der Waals surface area contributed by atoms with Crippen molar-refractivity contribution in [2.75, 3.05) is 4.90 Å². The van der Waals surface area contributed by atoms with E-state index in [4.69, 9.17) is 23.2 Å². The van der Waals surface area contributed by atoms with E-state index in [1.54, 1.807) is 29.1 Å². The van der Waals surface area contributed by atoms with Crippen molar-refractivity contribution in [2.45, 2.75) is 0 Å². The number of rotatable bonds is 2. The zero-order chi connectivity index (χ0) is 17.4. The van der Waals surface area contributed by atoms with Gasteiger partial charge in [0.05, 0.1) is 15.7 Å². The van der Waals surface area contributed by atoms with Crippen molar-refractivity contribution in [2.24, 2.45) is 7.05 Å². The van der Waals surface area contributed by atoms with E-state index in [1.807, 2.05) is 7.05 Å². The third-order valence-electron chi connectivity index (χ3n) is 3.44. The number of anilines is 1. The van der Waals surface area contributed by atoms with Gasteiger partial charge in [0.15, 0.2) is 0 Å². The van der Waals surface area contributed by atoms with E-state index in [9.17, 15) is 14.4 Å². The average molecular weight is 364 g/mol. The normalized spacial score (nSPS) is 16.7. The average Bonchev–Trinajstić information content (AvgIpc) is 2.93. The van der Waals surface area contributed by atoms with Crippen LogP contribution in [0.25, 0.3) is 6.08 Å². The highest BCUT2D eigenvalue weighted by atomic mass is 35.5. The first kappa shape index (κ1) is 16.3. The van der Waals surface area contributed by atoms with Gasteiger partial charge < -0.3 is 4.57 Å². The number of hydrogen-bond acceptors (Lipinski definition) is 3. The topological polar surface area (TPSA) is 71.4 Å². The van der Waals surface area contributed by atoms with Gasteiger partial charge in [-0.15, -0.1) is 0 Å². The van der Waals surface area contributed by atoms with E-state index in [1.165, 1.54) is 18.2 Å². The zero-order valence-electron chi connectivity index (χ0n) is 12.4. The van der Waals surface area contributed by atoms with Crippen LogP contribution < -0.4 is 10.2 Å². The summed E-state index contributed by atoms with van der Waals surface area (Å²) in [6.45, 7) is 0. The number of urea groups is 1. The number of hydrogen-bond donors (Lipinski definition) is 1. The summed E-state index contributed by atoms with van der Waals surface area (Å²) in [5.74, 6) is -1.53. The van der Waals surface area contributed by atoms with E-state index < -0.39 is 17.8 Å². The first-order valence-electron chi connectivity index (χ1n) is 6.86. The summed E-state index contributed by atoms with van der Waals surface area (Å²) in [4.78, 5) is 37.6. The monoisotopic (exact) mass is 363 g/mol. The number of carbonyl (C=O) groups is 3. The minimum atomic E-state index is -0.876. The van der Waals surface area contributed by atoms with Gasteiger partial charge in [0, 0.05) is 19.4 Å². The van der Waals surface area contributed by atoms with Crippen LogP contribution in [0, 0.1) is 0 Å². The Morgan fingerprint density at radius 3 is 2.54 bits per heavy atom. The molecule has 8 heteroatoms. The quantitative estimate of drug-likeness (QED) is 0.658. The number of barbiturate groups is 1. The molecule has 1 saturated heterocycles. The van der Waals surface area contributed by atoms with Gasteiger partial charge in [-0.25, -0.2) is 9.69 Å². The molecular formula is C16H11Cl2N3O3. The standard InChI is InChI=1S/C16H11Cl2N3O3/c1-20-6-5-9(8-20)7-10-14(22)19-16(24)21(15(10)23)12-4-2-3-11(17)13(12)18/h2-8H,1H3,(H,19,22,24)/b10-7-. The van der Waals surface area contributed by atoms with Crippen molar-refractivity contribution >= 4 is 52.8 Å². The minimum Gasteiger partial charge on any atom is -0.357 e. The molecule has 1 N–H and O–H groups in total. The highest BCUT2D eigenvalue weighted by Gasteiger charge is 2.37. The molecule has 6 nitrogen and oxygen atoms in total. The summed E-state index contributed by atoms with van der Waals surface area (Å²) in [7, 11) is 1.81. The second-order valence-electron chi connectivity index (χ2n) is 5.14. The molecule has 0 spiro atoms. The Morgan fingerprint density at radius 1 is 1.12 bits per heavy atom. The maximum atomic E-state index is 12.7. The number of imide groups is 2. The highest BCUT2D eigenvalue weighted by molar-refractivity contribution is 6.46. The summed E-state index contributed by atoms with van der Waals surface area (Å²) in [6.07, 6.45) is 4.92. The molecule has 1 aromatic carbocycles. The Labute approximate surface area is 147 Å². The van der Waals surface area contributed by atoms with Gasteiger partial charge >= 0.3 is 6.03 Å². The molecule has 1 aromatic heterocycles. The second-order valence-corrected chi connectivity index (χ2v) is 5.93. The lowest BCUT2D eigenvalue weighted by Crippen LogP contribution is -2.54. The minimum absolute atomic E-state index is 0.0519. The van der Waals surface area contributed by atoms with Crippen LogP contribution in [0.4, 0.5) is 10.5 Å². The van der Waals surface area contributed by atoms with Crippen LogP contribution in [0.1, 0.15) is 5.56 Å². The van der Waals surface area contributed by atoms with Gasteiger partial charge in [-0.05, 0) is 29.8 Å². The molecule has 0 unspecified atom stereocenters. The first-order valence-corrected chi connectivity index (χ1v) is 7.61. The van der Waals surface area contributed by atoms with Crippen LogP contribution in [0.5, 0.6) is 0 Å². The molecule has 1 aliphatic heterocycles. The lowest BCUT2D eigenvalue weighted by molar-refractivity contribution is -0.122. The molecule has 1 fully saturated rings. The summed E-state index contributed by atoms with van der Waals surface area (Å²) < 4.78 is 1.77. The van der Waals surface area contributed by atoms with Crippen molar-refractivity contribution < 1.29 is 14.4 Å². The van der Waals surface area contributed by atoms with E-state index >= 15 is 0 Å². The molecule has 2 aromatic rings. The summed E-state index contributed by atoms with van der Waals surface area (Å²) >= 11 is 12.0. The zero-order valence-corrected chi connectivity index (χ0v) is 13.9. The molecule has 1 aliphatic rings. The Bertz CT molecular complexity index is 902. The molecule has 0 aliphatic carbocycles. The van der Waals surface area contributed by atoms with Crippen LogP contribution >= 0.6 is 23.2 Å². The number of aryl methyl sites for hydroxylation is 1. The summed E-state index contributed by atoms with van der Waals surface area (Å²) in [5, 5.41) is 2.38. The van der Waals surface area contributed by atoms with Crippen molar-refractivity contribution in [3.8, 4) is 0 Å². The van der Waals surface area contributed by atoms with Crippen LogP contribution in [0.15, 0.2) is 42.2 Å². The Hall–Kier alpha value is -2.57. The predicted molar refractivity (Wildman–Crippen MR) is 90.9 cm³/mol.